The molecule has 1 aliphatic heterocycles. The lowest BCUT2D eigenvalue weighted by Crippen LogP contribution is -2.32. The number of benzene rings is 1. The molecule has 0 radical (unpaired) electrons. The molecule has 4 aromatic rings. The van der Waals surface area contributed by atoms with Crippen LogP contribution in [0.1, 0.15) is 85.0 Å². The van der Waals surface area contributed by atoms with Crippen molar-refractivity contribution in [3.63, 3.8) is 0 Å². The van der Waals surface area contributed by atoms with E-state index in [1.54, 1.807) is 24.4 Å². The molecule has 0 atom stereocenters. The summed E-state index contributed by atoms with van der Waals surface area (Å²) in [5, 5.41) is 8.23. The van der Waals surface area contributed by atoms with Gasteiger partial charge in [0.2, 0.25) is 6.41 Å². The van der Waals surface area contributed by atoms with Gasteiger partial charge < -0.3 is 14.8 Å². The number of aromatic nitrogens is 5. The average molecular weight is 586 g/mol. The van der Waals surface area contributed by atoms with Gasteiger partial charge in [0.05, 0.1) is 42.1 Å². The number of nitrogens with zero attached hydrogens (tertiary/aromatic N) is 6. The van der Waals surface area contributed by atoms with E-state index >= 15 is 0 Å². The monoisotopic (exact) mass is 585 g/mol. The van der Waals surface area contributed by atoms with Crippen molar-refractivity contribution in [2.45, 2.75) is 85.3 Å². The summed E-state index contributed by atoms with van der Waals surface area (Å²) in [6, 6.07) is 7.88. The Labute approximate surface area is 251 Å². The first kappa shape index (κ1) is 30.2. The fraction of sp³-hybridized carbons (Fsp3) is 0.438. The predicted molar refractivity (Wildman–Crippen MR) is 164 cm³/mol. The molecule has 4 heterocycles. The normalized spacial score (nSPS) is 14.2. The molecule has 11 nitrogen and oxygen atoms in total. The van der Waals surface area contributed by atoms with Gasteiger partial charge in [0, 0.05) is 49.0 Å². The van der Waals surface area contributed by atoms with Gasteiger partial charge >= 0.3 is 0 Å². The minimum absolute atomic E-state index is 0.0417. The van der Waals surface area contributed by atoms with Crippen molar-refractivity contribution in [3.8, 4) is 0 Å². The number of hydrogen-bond acceptors (Lipinski definition) is 8. The summed E-state index contributed by atoms with van der Waals surface area (Å²) >= 11 is 0. The van der Waals surface area contributed by atoms with Crippen molar-refractivity contribution in [2.75, 3.05) is 17.3 Å². The summed E-state index contributed by atoms with van der Waals surface area (Å²) in [6.45, 7) is 11.8. The Hall–Kier alpha value is -4.22. The predicted octanol–water partition coefficient (Wildman–Crippen LogP) is 5.30. The molecule has 1 aliphatic carbocycles. The van der Waals surface area contributed by atoms with Crippen molar-refractivity contribution in [1.29, 1.82) is 0 Å². The fourth-order valence-corrected chi connectivity index (χ4v) is 4.85. The maximum atomic E-state index is 13.8. The fourth-order valence-electron chi connectivity index (χ4n) is 4.85. The van der Waals surface area contributed by atoms with Crippen LogP contribution in [0, 0.1) is 6.92 Å². The number of fused-ring (bicyclic) bond motifs is 3. The topological polar surface area (TPSA) is 124 Å². The Bertz CT molecular complexity index is 1620. The standard InChI is InChI=1S/C27H27N7O3.C5H12O/c1-3-34-24(8-16(2)32-34)33(27(36)19-10-28-25(29-11-19)18-5-6-18)12-17-4-7-20-21-13-37-14-22(21)26(30-15-35)31-23(20)9-17;1-5(2,3)6-4/h4,7-11,15,18H,3,5-6,12-14H2,1-2H3,(H,30,31,35);1-4H3. The van der Waals surface area contributed by atoms with Crippen LogP contribution in [0.25, 0.3) is 10.9 Å². The van der Waals surface area contributed by atoms with Crippen LogP contribution in [0.4, 0.5) is 11.6 Å². The van der Waals surface area contributed by atoms with E-state index in [0.717, 1.165) is 52.0 Å². The Morgan fingerprint density at radius 3 is 2.49 bits per heavy atom. The lowest BCUT2D eigenvalue weighted by atomic mass is 10.0. The van der Waals surface area contributed by atoms with Crippen LogP contribution in [0.15, 0.2) is 36.7 Å². The number of rotatable bonds is 8. The first-order valence-electron chi connectivity index (χ1n) is 14.6. The number of pyridine rings is 1. The number of methoxy groups -OCH3 is 1. The van der Waals surface area contributed by atoms with Gasteiger partial charge in [-0.15, -0.1) is 0 Å². The van der Waals surface area contributed by atoms with Crippen LogP contribution >= 0.6 is 0 Å². The minimum Gasteiger partial charge on any atom is -0.379 e. The van der Waals surface area contributed by atoms with Crippen LogP contribution in [-0.4, -0.2) is 49.8 Å². The van der Waals surface area contributed by atoms with E-state index in [4.69, 9.17) is 9.47 Å². The number of nitrogens with one attached hydrogen (secondary N) is 1. The lowest BCUT2D eigenvalue weighted by molar-refractivity contribution is -0.105. The van der Waals surface area contributed by atoms with E-state index in [9.17, 15) is 9.59 Å². The number of aryl methyl sites for hydroxylation is 2. The molecular formula is C32H39N7O4. The van der Waals surface area contributed by atoms with Crippen LogP contribution in [0.3, 0.4) is 0 Å². The Balaban J connectivity index is 0.000000559. The number of anilines is 2. The molecule has 43 heavy (non-hydrogen) atoms. The smallest absolute Gasteiger partial charge is 0.262 e. The second kappa shape index (κ2) is 12.6. The zero-order valence-electron chi connectivity index (χ0n) is 25.7. The minimum atomic E-state index is -0.198. The number of carbonyl (C=O) groups is 2. The van der Waals surface area contributed by atoms with Gasteiger partial charge in [-0.2, -0.15) is 5.10 Å². The average Bonchev–Trinajstić information content (AvgIpc) is 3.60. The van der Waals surface area contributed by atoms with E-state index < -0.39 is 0 Å². The van der Waals surface area contributed by atoms with Crippen LogP contribution < -0.4 is 10.2 Å². The van der Waals surface area contributed by atoms with Crippen molar-refractivity contribution < 1.29 is 19.1 Å². The molecule has 0 saturated heterocycles. The van der Waals surface area contributed by atoms with Gasteiger partial charge in [-0.3, -0.25) is 14.5 Å². The third-order valence-electron chi connectivity index (χ3n) is 7.47. The number of hydrogen-bond donors (Lipinski definition) is 1. The van der Waals surface area contributed by atoms with Crippen LogP contribution in [0.2, 0.25) is 0 Å². The molecule has 6 rings (SSSR count). The molecule has 0 bridgehead atoms. The first-order valence-corrected chi connectivity index (χ1v) is 14.6. The van der Waals surface area contributed by atoms with Crippen molar-refractivity contribution >= 4 is 34.9 Å². The molecule has 1 fully saturated rings. The highest BCUT2D eigenvalue weighted by atomic mass is 16.5. The number of ether oxygens (including phenoxy) is 2. The number of amides is 2. The highest BCUT2D eigenvalue weighted by Crippen LogP contribution is 2.38. The third kappa shape index (κ3) is 6.89. The molecule has 226 valence electrons. The first-order chi connectivity index (χ1) is 20.6. The highest BCUT2D eigenvalue weighted by molar-refractivity contribution is 6.05. The van der Waals surface area contributed by atoms with Gasteiger partial charge in [0.25, 0.3) is 5.91 Å². The zero-order valence-corrected chi connectivity index (χ0v) is 25.7. The molecule has 0 spiro atoms. The largest absolute Gasteiger partial charge is 0.379 e. The van der Waals surface area contributed by atoms with Gasteiger partial charge in [0.15, 0.2) is 0 Å². The molecule has 1 aromatic carbocycles. The van der Waals surface area contributed by atoms with E-state index in [-0.39, 0.29) is 11.5 Å². The summed E-state index contributed by atoms with van der Waals surface area (Å²) in [4.78, 5) is 40.3. The molecule has 11 heteroatoms. The maximum absolute atomic E-state index is 13.8. The molecule has 0 unspecified atom stereocenters. The Morgan fingerprint density at radius 1 is 1.16 bits per heavy atom. The number of carbonyl (C=O) groups excluding carboxylic acids is 2. The van der Waals surface area contributed by atoms with Crippen molar-refractivity contribution in [3.05, 3.63) is 70.4 Å². The molecule has 2 aliphatic rings. The second-order valence-corrected chi connectivity index (χ2v) is 11.8. The van der Waals surface area contributed by atoms with Crippen LogP contribution in [0.5, 0.6) is 0 Å². The summed E-state index contributed by atoms with van der Waals surface area (Å²) in [5.41, 5.74) is 4.85. The van der Waals surface area contributed by atoms with E-state index in [2.05, 4.69) is 25.4 Å². The quantitative estimate of drug-likeness (QED) is 0.276. The third-order valence-corrected chi connectivity index (χ3v) is 7.47. The summed E-state index contributed by atoms with van der Waals surface area (Å²) < 4.78 is 12.4. The van der Waals surface area contributed by atoms with Gasteiger partial charge in [-0.25, -0.2) is 19.6 Å². The molecular weight excluding hydrogens is 546 g/mol. The van der Waals surface area contributed by atoms with E-state index in [1.807, 2.05) is 63.6 Å². The Morgan fingerprint density at radius 2 is 1.86 bits per heavy atom. The van der Waals surface area contributed by atoms with Crippen molar-refractivity contribution in [2.24, 2.45) is 0 Å². The van der Waals surface area contributed by atoms with Crippen molar-refractivity contribution in [1.82, 2.24) is 24.7 Å². The Kier molecular flexibility index (Phi) is 8.84. The molecule has 1 N–H and O–H groups in total. The molecule has 3 aromatic heterocycles. The van der Waals surface area contributed by atoms with E-state index in [0.29, 0.717) is 55.8 Å². The second-order valence-electron chi connectivity index (χ2n) is 11.8. The van der Waals surface area contributed by atoms with E-state index in [1.165, 1.54) is 0 Å². The summed E-state index contributed by atoms with van der Waals surface area (Å²) in [6.07, 6.45) is 6.08. The van der Waals surface area contributed by atoms with Crippen LogP contribution in [-0.2, 0) is 40.6 Å². The highest BCUT2D eigenvalue weighted by Gasteiger charge is 2.28. The van der Waals surface area contributed by atoms with Gasteiger partial charge in [-0.05, 0) is 64.7 Å². The zero-order chi connectivity index (χ0) is 30.7. The lowest BCUT2D eigenvalue weighted by Gasteiger charge is -2.23. The summed E-state index contributed by atoms with van der Waals surface area (Å²) in [7, 11) is 1.71. The SMILES string of the molecule is CCn1nc(C)cc1N(Cc1ccc2c3c(c(NC=O)nc2c1)COC3)C(=O)c1cnc(C2CC2)nc1.COC(C)(C)C. The van der Waals surface area contributed by atoms with Gasteiger partial charge in [-0.1, -0.05) is 12.1 Å². The molecule has 2 amide bonds. The maximum Gasteiger partial charge on any atom is 0.262 e. The molecule has 1 saturated carbocycles. The summed E-state index contributed by atoms with van der Waals surface area (Å²) in [5.74, 6) is 2.23. The van der Waals surface area contributed by atoms with Gasteiger partial charge in [0.1, 0.15) is 17.5 Å².